The molecule has 8 heteroatoms. The topological polar surface area (TPSA) is 80.8 Å². The predicted molar refractivity (Wildman–Crippen MR) is 139 cm³/mol. The van der Waals surface area contributed by atoms with E-state index < -0.39 is 0 Å². The molecule has 1 aromatic carbocycles. The van der Waals surface area contributed by atoms with Crippen LogP contribution in [0.25, 0.3) is 5.57 Å². The van der Waals surface area contributed by atoms with Crippen LogP contribution >= 0.6 is 11.3 Å². The molecule has 2 fully saturated rings. The number of hydrogen-bond acceptors (Lipinski definition) is 6. The summed E-state index contributed by atoms with van der Waals surface area (Å²) in [6, 6.07) is 5.71. The standard InChI is InChI=1S/C28H31N3O4S/c1-17-26(30-28(36-17)29-25(32)14-18-7-10-23-24(13-18)35-16-34-23)21-8-9-22-20(15-21)11-12-31(22)27(33)19-5-3-2-4-6-19/h7-10,13,15,19-20,22H,2-6,11-12,14,16H2,1H3,(H,29,30,32). The number of ether oxygens (including phenoxy) is 2. The summed E-state index contributed by atoms with van der Waals surface area (Å²) in [7, 11) is 0. The van der Waals surface area contributed by atoms with Gasteiger partial charge in [0.25, 0.3) is 0 Å². The first-order valence-corrected chi connectivity index (χ1v) is 13.7. The van der Waals surface area contributed by atoms with Crippen molar-refractivity contribution in [2.45, 2.75) is 57.9 Å². The Balaban J connectivity index is 1.10. The average molecular weight is 506 g/mol. The van der Waals surface area contributed by atoms with Crippen LogP contribution < -0.4 is 14.8 Å². The third-order valence-corrected chi connectivity index (χ3v) is 8.61. The van der Waals surface area contributed by atoms with Crippen molar-refractivity contribution in [1.29, 1.82) is 0 Å². The van der Waals surface area contributed by atoms with Crippen LogP contribution in [-0.2, 0) is 16.0 Å². The van der Waals surface area contributed by atoms with E-state index in [9.17, 15) is 9.59 Å². The number of rotatable bonds is 5. The lowest BCUT2D eigenvalue weighted by Gasteiger charge is -2.31. The first kappa shape index (κ1) is 23.3. The van der Waals surface area contributed by atoms with E-state index in [1.165, 1.54) is 30.6 Å². The molecule has 0 spiro atoms. The number of carbonyl (C=O) groups is 2. The van der Waals surface area contributed by atoms with Gasteiger partial charge in [-0.1, -0.05) is 43.6 Å². The fourth-order valence-electron chi connectivity index (χ4n) is 5.87. The molecule has 2 amide bonds. The molecule has 2 unspecified atom stereocenters. The number of carbonyl (C=O) groups excluding carboxylic acids is 2. The second-order valence-electron chi connectivity index (χ2n) is 10.1. The number of nitrogens with zero attached hydrogens (tertiary/aromatic N) is 2. The zero-order chi connectivity index (χ0) is 24.6. The van der Waals surface area contributed by atoms with Crippen LogP contribution in [0, 0.1) is 18.8 Å². The van der Waals surface area contributed by atoms with Crippen molar-refractivity contribution in [3.8, 4) is 11.5 Å². The Morgan fingerprint density at radius 2 is 1.97 bits per heavy atom. The van der Waals surface area contributed by atoms with Crippen LogP contribution in [0.15, 0.2) is 36.4 Å². The number of anilines is 1. The van der Waals surface area contributed by atoms with E-state index in [0.29, 0.717) is 28.5 Å². The van der Waals surface area contributed by atoms with Gasteiger partial charge in [0.05, 0.1) is 18.2 Å². The molecule has 2 aliphatic carbocycles. The lowest BCUT2D eigenvalue weighted by Crippen LogP contribution is -2.41. The molecule has 0 bridgehead atoms. The van der Waals surface area contributed by atoms with Crippen LogP contribution in [0.2, 0.25) is 0 Å². The minimum atomic E-state index is -0.116. The van der Waals surface area contributed by atoms with Crippen LogP contribution in [0.5, 0.6) is 11.5 Å². The number of fused-ring (bicyclic) bond motifs is 2. The van der Waals surface area contributed by atoms with Crippen LogP contribution in [0.1, 0.15) is 54.7 Å². The molecule has 7 nitrogen and oxygen atoms in total. The highest BCUT2D eigenvalue weighted by Gasteiger charge is 2.38. The maximum absolute atomic E-state index is 13.2. The Hall–Kier alpha value is -3.13. The van der Waals surface area contributed by atoms with Gasteiger partial charge in [-0.25, -0.2) is 4.98 Å². The number of hydrogen-bond donors (Lipinski definition) is 1. The summed E-state index contributed by atoms with van der Waals surface area (Å²) in [5, 5.41) is 3.56. The number of aromatic nitrogens is 1. The molecule has 1 saturated carbocycles. The van der Waals surface area contributed by atoms with E-state index in [2.05, 4.69) is 28.4 Å². The van der Waals surface area contributed by atoms with Crippen molar-refractivity contribution in [2.75, 3.05) is 18.7 Å². The van der Waals surface area contributed by atoms with E-state index in [1.54, 1.807) is 0 Å². The summed E-state index contributed by atoms with van der Waals surface area (Å²) in [6.07, 6.45) is 13.5. The molecule has 3 heterocycles. The molecule has 4 aliphatic rings. The van der Waals surface area contributed by atoms with Gasteiger partial charge >= 0.3 is 0 Å². The molecule has 1 saturated heterocycles. The maximum Gasteiger partial charge on any atom is 0.231 e. The van der Waals surface area contributed by atoms with Crippen molar-refractivity contribution < 1.29 is 19.1 Å². The van der Waals surface area contributed by atoms with Crippen LogP contribution in [0.4, 0.5) is 5.13 Å². The van der Waals surface area contributed by atoms with E-state index >= 15 is 0 Å². The summed E-state index contributed by atoms with van der Waals surface area (Å²) in [4.78, 5) is 33.8. The Bertz CT molecular complexity index is 1240. The number of aryl methyl sites for hydroxylation is 1. The maximum atomic E-state index is 13.2. The minimum Gasteiger partial charge on any atom is -0.454 e. The third kappa shape index (κ3) is 4.54. The van der Waals surface area contributed by atoms with Crippen molar-refractivity contribution in [1.82, 2.24) is 9.88 Å². The second-order valence-corrected chi connectivity index (χ2v) is 11.3. The van der Waals surface area contributed by atoms with Crippen molar-refractivity contribution >= 4 is 33.9 Å². The molecule has 1 aromatic heterocycles. The van der Waals surface area contributed by atoms with Gasteiger partial charge in [-0.05, 0) is 49.5 Å². The van der Waals surface area contributed by atoms with Gasteiger partial charge in [-0.2, -0.15) is 0 Å². The Morgan fingerprint density at radius 1 is 1.14 bits per heavy atom. The average Bonchev–Trinajstić information content (AvgIpc) is 3.61. The van der Waals surface area contributed by atoms with Gasteiger partial charge < -0.3 is 19.7 Å². The number of benzene rings is 1. The van der Waals surface area contributed by atoms with E-state index in [-0.39, 0.29) is 31.1 Å². The number of allylic oxidation sites excluding steroid dienone is 2. The summed E-state index contributed by atoms with van der Waals surface area (Å²) in [5.41, 5.74) is 2.85. The van der Waals surface area contributed by atoms with Gasteiger partial charge in [-0.15, -0.1) is 11.3 Å². The number of nitrogens with one attached hydrogen (secondary N) is 1. The van der Waals surface area contributed by atoms with E-state index in [4.69, 9.17) is 14.5 Å². The predicted octanol–water partition coefficient (Wildman–Crippen LogP) is 5.11. The molecule has 36 heavy (non-hydrogen) atoms. The monoisotopic (exact) mass is 505 g/mol. The molecule has 188 valence electrons. The summed E-state index contributed by atoms with van der Waals surface area (Å²) in [5.74, 6) is 2.15. The minimum absolute atomic E-state index is 0.116. The molecule has 2 aliphatic heterocycles. The molecule has 2 aromatic rings. The quantitative estimate of drug-likeness (QED) is 0.611. The highest BCUT2D eigenvalue weighted by atomic mass is 32.1. The Labute approximate surface area is 215 Å². The van der Waals surface area contributed by atoms with Gasteiger partial charge in [0.2, 0.25) is 18.6 Å². The molecule has 6 rings (SSSR count). The van der Waals surface area contributed by atoms with E-state index in [1.807, 2.05) is 25.1 Å². The molecular weight excluding hydrogens is 474 g/mol. The lowest BCUT2D eigenvalue weighted by molar-refractivity contribution is -0.136. The Kier molecular flexibility index (Phi) is 6.29. The Morgan fingerprint density at radius 3 is 2.83 bits per heavy atom. The fourth-order valence-corrected chi connectivity index (χ4v) is 6.72. The van der Waals surface area contributed by atoms with Crippen molar-refractivity contribution in [3.05, 3.63) is 52.6 Å². The first-order chi connectivity index (χ1) is 17.5. The summed E-state index contributed by atoms with van der Waals surface area (Å²) < 4.78 is 10.7. The molecular formula is C28H31N3O4S. The van der Waals surface area contributed by atoms with Crippen LogP contribution in [-0.4, -0.2) is 41.1 Å². The van der Waals surface area contributed by atoms with Gasteiger partial charge in [0.1, 0.15) is 0 Å². The summed E-state index contributed by atoms with van der Waals surface area (Å²) in [6.45, 7) is 3.08. The third-order valence-electron chi connectivity index (χ3n) is 7.72. The smallest absolute Gasteiger partial charge is 0.231 e. The lowest BCUT2D eigenvalue weighted by atomic mass is 9.87. The summed E-state index contributed by atoms with van der Waals surface area (Å²) >= 11 is 1.49. The number of amides is 2. The first-order valence-electron chi connectivity index (χ1n) is 12.9. The SMILES string of the molecule is Cc1sc(NC(=O)Cc2ccc3c(c2)OCO3)nc1C1=CC2CCN(C(=O)C3CCCCC3)C2C=C1. The van der Waals surface area contributed by atoms with Crippen molar-refractivity contribution in [3.63, 3.8) is 0 Å². The molecule has 0 radical (unpaired) electrons. The number of likely N-dealkylation sites (tertiary alicyclic amines) is 1. The highest BCUT2D eigenvalue weighted by molar-refractivity contribution is 7.15. The van der Waals surface area contributed by atoms with Crippen molar-refractivity contribution in [2.24, 2.45) is 11.8 Å². The molecule has 2 atom stereocenters. The van der Waals surface area contributed by atoms with Gasteiger partial charge in [-0.3, -0.25) is 9.59 Å². The van der Waals surface area contributed by atoms with Gasteiger partial charge in [0.15, 0.2) is 16.6 Å². The van der Waals surface area contributed by atoms with Gasteiger partial charge in [0, 0.05) is 23.3 Å². The van der Waals surface area contributed by atoms with E-state index in [0.717, 1.165) is 47.5 Å². The molecule has 1 N–H and O–H groups in total. The largest absolute Gasteiger partial charge is 0.454 e. The number of thiazole rings is 1. The van der Waals surface area contributed by atoms with Crippen LogP contribution in [0.3, 0.4) is 0 Å². The fraction of sp³-hybridized carbons (Fsp3) is 0.464. The second kappa shape index (κ2) is 9.73. The normalized spacial score (nSPS) is 22.9. The zero-order valence-corrected chi connectivity index (χ0v) is 21.3. The zero-order valence-electron chi connectivity index (χ0n) is 20.5. The highest BCUT2D eigenvalue weighted by Crippen LogP contribution is 2.38.